The molecular formula is C50H65N2O4+. The molecule has 4 aromatic rings. The van der Waals surface area contributed by atoms with Gasteiger partial charge in [-0.25, -0.2) is 4.79 Å². The zero-order valence-electron chi connectivity index (χ0n) is 34.6. The van der Waals surface area contributed by atoms with E-state index in [4.69, 9.17) is 0 Å². The Labute approximate surface area is 334 Å². The van der Waals surface area contributed by atoms with Gasteiger partial charge in [-0.15, -0.1) is 0 Å². The summed E-state index contributed by atoms with van der Waals surface area (Å²) >= 11 is 0. The van der Waals surface area contributed by atoms with Crippen LogP contribution in [0.1, 0.15) is 159 Å². The monoisotopic (exact) mass is 757 g/mol. The minimum atomic E-state index is -0.924. The summed E-state index contributed by atoms with van der Waals surface area (Å²) in [5, 5.41) is 26.5. The van der Waals surface area contributed by atoms with Crippen LogP contribution in [0.5, 0.6) is 0 Å². The Morgan fingerprint density at radius 1 is 0.750 bits per heavy atom. The van der Waals surface area contributed by atoms with Gasteiger partial charge in [0, 0.05) is 45.9 Å². The average Bonchev–Trinajstić information content (AvgIpc) is 3.65. The van der Waals surface area contributed by atoms with Gasteiger partial charge in [0.2, 0.25) is 11.5 Å². The first-order valence-electron chi connectivity index (χ1n) is 22.0. The van der Waals surface area contributed by atoms with Gasteiger partial charge in [0.05, 0.1) is 22.1 Å². The number of aliphatic hydroxyl groups excluding tert-OH is 1. The molecule has 2 heterocycles. The molecule has 298 valence electrons. The van der Waals surface area contributed by atoms with Gasteiger partial charge in [-0.05, 0) is 55.8 Å². The maximum absolute atomic E-state index is 14.4. The van der Waals surface area contributed by atoms with E-state index >= 15 is 0 Å². The van der Waals surface area contributed by atoms with Crippen molar-refractivity contribution in [3.8, 4) is 0 Å². The fourth-order valence-electron chi connectivity index (χ4n) is 9.55. The summed E-state index contributed by atoms with van der Waals surface area (Å²) in [4.78, 5) is 26.7. The molecule has 0 saturated carbocycles. The number of carboxylic acid groups (broad SMARTS) is 1. The average molecular weight is 758 g/mol. The van der Waals surface area contributed by atoms with Crippen molar-refractivity contribution in [2.75, 3.05) is 6.54 Å². The molecule has 2 aliphatic rings. The summed E-state index contributed by atoms with van der Waals surface area (Å²) in [6.07, 6.45) is 24.2. The van der Waals surface area contributed by atoms with E-state index in [0.29, 0.717) is 23.3 Å². The minimum absolute atomic E-state index is 0.0512. The lowest BCUT2D eigenvalue weighted by molar-refractivity contribution is -0.433. The number of carbonyl (C=O) groups is 2. The van der Waals surface area contributed by atoms with Gasteiger partial charge >= 0.3 is 5.97 Å². The van der Waals surface area contributed by atoms with Gasteiger partial charge in [-0.3, -0.25) is 4.79 Å². The fraction of sp³-hybridized carbons (Fsp3) is 0.500. The second-order valence-electron chi connectivity index (χ2n) is 16.4. The van der Waals surface area contributed by atoms with Crippen LogP contribution < -0.4 is 5.35 Å². The molecule has 1 aliphatic carbocycles. The smallest absolute Gasteiger partial charge is 0.335 e. The van der Waals surface area contributed by atoms with Crippen LogP contribution in [0, 0.1) is 0 Å². The Balaban J connectivity index is 1.45. The summed E-state index contributed by atoms with van der Waals surface area (Å²) < 4.78 is 4.63. The normalized spacial score (nSPS) is 16.2. The number of benzene rings is 3. The van der Waals surface area contributed by atoms with Crippen molar-refractivity contribution in [1.82, 2.24) is 4.57 Å². The summed E-state index contributed by atoms with van der Waals surface area (Å²) in [6.45, 7) is 10.4. The van der Waals surface area contributed by atoms with Gasteiger partial charge in [0.15, 0.2) is 5.71 Å². The molecule has 56 heavy (non-hydrogen) atoms. The number of rotatable bonds is 23. The zero-order chi connectivity index (χ0) is 39.7. The molecular weight excluding hydrogens is 693 g/mol. The SMILES string of the molecule is CCCCCCCCC1(CCCCCCCC)C(/C=C2/C(=O)C(/C=c3\c4cccc5cccc(c54)n3CCCCCC)=C2O)=[N+](CC)c2ccc(C(=O)O)cc21. The van der Waals surface area contributed by atoms with Gasteiger partial charge in [-0.1, -0.05) is 147 Å². The van der Waals surface area contributed by atoms with Crippen LogP contribution in [0.3, 0.4) is 0 Å². The highest BCUT2D eigenvalue weighted by Crippen LogP contribution is 2.48. The van der Waals surface area contributed by atoms with E-state index in [1.54, 1.807) is 6.07 Å². The first-order valence-corrected chi connectivity index (χ1v) is 22.0. The molecule has 0 fully saturated rings. The van der Waals surface area contributed by atoms with E-state index in [0.717, 1.165) is 91.1 Å². The zero-order valence-corrected chi connectivity index (χ0v) is 34.6. The Morgan fingerprint density at radius 3 is 1.96 bits per heavy atom. The second-order valence-corrected chi connectivity index (χ2v) is 16.4. The molecule has 0 saturated heterocycles. The Morgan fingerprint density at radius 2 is 1.36 bits per heavy atom. The van der Waals surface area contributed by atoms with Crippen molar-refractivity contribution in [2.45, 2.75) is 155 Å². The van der Waals surface area contributed by atoms with E-state index in [2.05, 4.69) is 73.2 Å². The van der Waals surface area contributed by atoms with Crippen molar-refractivity contribution >= 4 is 50.9 Å². The number of unbranched alkanes of at least 4 members (excludes halogenated alkanes) is 13. The van der Waals surface area contributed by atoms with Crippen LogP contribution in [-0.4, -0.2) is 43.4 Å². The predicted molar refractivity (Wildman–Crippen MR) is 233 cm³/mol. The molecule has 6 nitrogen and oxygen atoms in total. The standard InChI is InChI=1S/C50H64N2O4/c1-5-9-12-15-17-19-30-50(31-20-18-16-13-10-6-2)41-33-37(49(55)56)28-29-42(41)51(8-4)45(50)35-40-47(53)39(48(40)54)34-44-38-26-22-24-36-25-23-27-43(46(36)38)52(44)32-21-14-11-7-3/h22-29,33-35H,5-21,30-32H2,1-4H3,(H-,53,54,55,56)/p+1. The second kappa shape index (κ2) is 19.1. The first kappa shape index (κ1) is 41.2. The molecule has 0 atom stereocenters. The van der Waals surface area contributed by atoms with E-state index in [1.807, 2.05) is 24.3 Å². The number of allylic oxidation sites excluding steroid dienone is 3. The largest absolute Gasteiger partial charge is 0.506 e. The predicted octanol–water partition coefficient (Wildman–Crippen LogP) is 12.5. The van der Waals surface area contributed by atoms with Gasteiger partial charge in [0.25, 0.3) is 0 Å². The van der Waals surface area contributed by atoms with Crippen LogP contribution in [0.25, 0.3) is 27.8 Å². The third-order valence-electron chi connectivity index (χ3n) is 12.6. The number of aryl methyl sites for hydroxylation is 1. The number of nitrogens with zero attached hydrogens (tertiary/aromatic N) is 2. The Kier molecular flexibility index (Phi) is 14.1. The third kappa shape index (κ3) is 8.31. The number of carbonyl (C=O) groups excluding carboxylic acids is 1. The van der Waals surface area contributed by atoms with Crippen LogP contribution in [0.15, 0.2) is 77.6 Å². The molecule has 0 bridgehead atoms. The molecule has 0 radical (unpaired) electrons. The molecule has 0 amide bonds. The maximum Gasteiger partial charge on any atom is 0.335 e. The highest BCUT2D eigenvalue weighted by atomic mass is 16.4. The van der Waals surface area contributed by atoms with Crippen molar-refractivity contribution < 1.29 is 24.4 Å². The molecule has 6 heteroatoms. The summed E-state index contributed by atoms with van der Waals surface area (Å²) in [6, 6.07) is 18.4. The number of hydrogen-bond donors (Lipinski definition) is 2. The molecule has 2 N–H and O–H groups in total. The van der Waals surface area contributed by atoms with Gasteiger partial charge < -0.3 is 14.8 Å². The summed E-state index contributed by atoms with van der Waals surface area (Å²) in [7, 11) is 0. The van der Waals surface area contributed by atoms with Crippen molar-refractivity contribution in [3.63, 3.8) is 0 Å². The number of hydrogen-bond acceptors (Lipinski definition) is 3. The highest BCUT2D eigenvalue weighted by molar-refractivity contribution is 6.27. The molecule has 0 spiro atoms. The number of carboxylic acids is 1. The third-order valence-corrected chi connectivity index (χ3v) is 12.6. The number of ketones is 1. The molecule has 0 unspecified atom stereocenters. The lowest BCUT2D eigenvalue weighted by atomic mass is 9.68. The van der Waals surface area contributed by atoms with Crippen LogP contribution >= 0.6 is 0 Å². The summed E-state index contributed by atoms with van der Waals surface area (Å²) in [5.74, 6) is -1.01. The minimum Gasteiger partial charge on any atom is -0.506 e. The van der Waals surface area contributed by atoms with E-state index in [9.17, 15) is 19.8 Å². The van der Waals surface area contributed by atoms with E-state index in [-0.39, 0.29) is 11.5 Å². The van der Waals surface area contributed by atoms with Crippen LogP contribution in [0.2, 0.25) is 0 Å². The topological polar surface area (TPSA) is 82.5 Å². The molecule has 3 aromatic carbocycles. The van der Waals surface area contributed by atoms with Gasteiger partial charge in [-0.2, -0.15) is 4.58 Å². The maximum atomic E-state index is 14.4. The van der Waals surface area contributed by atoms with Crippen molar-refractivity contribution in [3.05, 3.63) is 94.1 Å². The van der Waals surface area contributed by atoms with Crippen LogP contribution in [-0.2, 0) is 16.8 Å². The lowest BCUT2D eigenvalue weighted by Crippen LogP contribution is -2.36. The number of Topliss-reactive ketones (excluding diaryl/α,β-unsaturated/α-hetero) is 1. The molecule has 1 aromatic heterocycles. The van der Waals surface area contributed by atoms with E-state index < -0.39 is 11.4 Å². The molecule has 6 rings (SSSR count). The highest BCUT2D eigenvalue weighted by Gasteiger charge is 2.51. The number of aromatic carboxylic acids is 1. The Bertz CT molecular complexity index is 2160. The lowest BCUT2D eigenvalue weighted by Gasteiger charge is -2.29. The fourth-order valence-corrected chi connectivity index (χ4v) is 9.55. The van der Waals surface area contributed by atoms with Crippen molar-refractivity contribution in [2.24, 2.45) is 0 Å². The quantitative estimate of drug-likeness (QED) is 0.0448. The number of fused-ring (bicyclic) bond motifs is 1. The first-order chi connectivity index (χ1) is 27.3. The van der Waals surface area contributed by atoms with Gasteiger partial charge in [0.1, 0.15) is 12.3 Å². The number of aromatic nitrogens is 1. The Hall–Kier alpha value is -4.45. The number of aliphatic hydroxyl groups is 1. The van der Waals surface area contributed by atoms with Crippen molar-refractivity contribution in [1.29, 1.82) is 0 Å². The van der Waals surface area contributed by atoms with E-state index in [1.165, 1.54) is 75.0 Å². The molecule has 1 aliphatic heterocycles. The van der Waals surface area contributed by atoms with Crippen LogP contribution in [0.4, 0.5) is 5.69 Å². The summed E-state index contributed by atoms with van der Waals surface area (Å²) in [5.41, 5.74) is 4.83.